The number of hydrogen-bond donors (Lipinski definition) is 1. The fourth-order valence-electron chi connectivity index (χ4n) is 2.07. The molecule has 132 valence electrons. The Morgan fingerprint density at radius 1 is 1.12 bits per heavy atom. The van der Waals surface area contributed by atoms with Crippen molar-refractivity contribution in [2.24, 2.45) is 0 Å². The van der Waals surface area contributed by atoms with Crippen LogP contribution in [0.1, 0.15) is 22.8 Å². The van der Waals surface area contributed by atoms with Gasteiger partial charge in [-0.1, -0.05) is 23.2 Å². The Morgan fingerprint density at radius 3 is 2.52 bits per heavy atom. The van der Waals surface area contributed by atoms with Crippen molar-refractivity contribution in [3.63, 3.8) is 0 Å². The van der Waals surface area contributed by atoms with E-state index in [2.05, 4.69) is 5.32 Å². The lowest BCUT2D eigenvalue weighted by molar-refractivity contribution is -0.118. The summed E-state index contributed by atoms with van der Waals surface area (Å²) in [6.07, 6.45) is 0. The van der Waals surface area contributed by atoms with Gasteiger partial charge in [0.2, 0.25) is 0 Å². The first kappa shape index (κ1) is 19.1. The monoisotopic (exact) mass is 381 g/mol. The zero-order chi connectivity index (χ0) is 18.4. The van der Waals surface area contributed by atoms with Crippen molar-refractivity contribution in [1.29, 1.82) is 0 Å². The highest BCUT2D eigenvalue weighted by atomic mass is 35.5. The molecule has 2 aromatic carbocycles. The van der Waals surface area contributed by atoms with Crippen LogP contribution in [0.2, 0.25) is 10.0 Å². The van der Waals surface area contributed by atoms with Crippen molar-refractivity contribution in [1.82, 2.24) is 0 Å². The zero-order valence-electron chi connectivity index (χ0n) is 13.8. The number of carbonyl (C=O) groups is 2. The van der Waals surface area contributed by atoms with Crippen molar-refractivity contribution in [2.45, 2.75) is 13.8 Å². The van der Waals surface area contributed by atoms with Gasteiger partial charge in [-0.05, 0) is 55.8 Å². The number of benzene rings is 2. The summed E-state index contributed by atoms with van der Waals surface area (Å²) >= 11 is 11.8. The van der Waals surface area contributed by atoms with Gasteiger partial charge in [0.1, 0.15) is 5.75 Å². The highest BCUT2D eigenvalue weighted by molar-refractivity contribution is 6.35. The molecule has 0 atom stereocenters. The van der Waals surface area contributed by atoms with Gasteiger partial charge in [-0.25, -0.2) is 4.79 Å². The van der Waals surface area contributed by atoms with E-state index in [1.54, 1.807) is 44.2 Å². The van der Waals surface area contributed by atoms with E-state index in [-0.39, 0.29) is 12.5 Å². The van der Waals surface area contributed by atoms with Gasteiger partial charge >= 0.3 is 5.97 Å². The van der Waals surface area contributed by atoms with Gasteiger partial charge in [-0.2, -0.15) is 0 Å². The quantitative estimate of drug-likeness (QED) is 0.748. The van der Waals surface area contributed by atoms with Crippen molar-refractivity contribution in [2.75, 3.05) is 18.5 Å². The molecule has 0 spiro atoms. The van der Waals surface area contributed by atoms with Crippen LogP contribution >= 0.6 is 23.2 Å². The van der Waals surface area contributed by atoms with Crippen LogP contribution in [0.5, 0.6) is 5.75 Å². The summed E-state index contributed by atoms with van der Waals surface area (Å²) in [4.78, 5) is 23.7. The minimum absolute atomic E-state index is 0.208. The van der Waals surface area contributed by atoms with E-state index in [1.807, 2.05) is 0 Å². The lowest BCUT2D eigenvalue weighted by atomic mass is 10.1. The van der Waals surface area contributed by atoms with E-state index < -0.39 is 5.97 Å². The molecular weight excluding hydrogens is 365 g/mol. The molecule has 5 nitrogen and oxygen atoms in total. The smallest absolute Gasteiger partial charge is 0.338 e. The predicted molar refractivity (Wildman–Crippen MR) is 97.7 cm³/mol. The Morgan fingerprint density at radius 2 is 1.88 bits per heavy atom. The number of amides is 1. The summed E-state index contributed by atoms with van der Waals surface area (Å²) < 4.78 is 10.3. The van der Waals surface area contributed by atoms with Gasteiger partial charge in [-0.3, -0.25) is 4.79 Å². The molecule has 0 aliphatic carbocycles. The van der Waals surface area contributed by atoms with E-state index in [4.69, 9.17) is 32.7 Å². The van der Waals surface area contributed by atoms with E-state index in [0.717, 1.165) is 5.56 Å². The highest BCUT2D eigenvalue weighted by Crippen LogP contribution is 2.27. The second-order valence-electron chi connectivity index (χ2n) is 5.16. The Hall–Kier alpha value is -2.24. The number of anilines is 1. The summed E-state index contributed by atoms with van der Waals surface area (Å²) in [5.74, 6) is -0.377. The minimum atomic E-state index is -0.399. The first-order valence-electron chi connectivity index (χ1n) is 7.56. The van der Waals surface area contributed by atoms with E-state index in [9.17, 15) is 9.59 Å². The van der Waals surface area contributed by atoms with Crippen LogP contribution in [0.15, 0.2) is 36.4 Å². The molecule has 0 aliphatic heterocycles. The van der Waals surface area contributed by atoms with Crippen molar-refractivity contribution >= 4 is 40.8 Å². The van der Waals surface area contributed by atoms with Gasteiger partial charge in [0.25, 0.3) is 5.91 Å². The SMILES string of the molecule is CCOC(=O)c1ccc(NC(=O)COc2ccc(Cl)cc2Cl)c(C)c1. The Labute approximate surface area is 155 Å². The number of nitrogens with one attached hydrogen (secondary N) is 1. The molecule has 2 aromatic rings. The number of hydrogen-bond acceptors (Lipinski definition) is 4. The van der Waals surface area contributed by atoms with Crippen LogP contribution in [0.25, 0.3) is 0 Å². The number of rotatable bonds is 6. The van der Waals surface area contributed by atoms with Crippen LogP contribution in [0, 0.1) is 6.92 Å². The average Bonchev–Trinajstić information content (AvgIpc) is 2.56. The molecule has 0 saturated carbocycles. The third-order valence-electron chi connectivity index (χ3n) is 3.26. The normalized spacial score (nSPS) is 10.2. The molecule has 2 rings (SSSR count). The van der Waals surface area contributed by atoms with Gasteiger partial charge in [0.05, 0.1) is 17.2 Å². The van der Waals surface area contributed by atoms with E-state index >= 15 is 0 Å². The topological polar surface area (TPSA) is 64.6 Å². The molecule has 0 aromatic heterocycles. The zero-order valence-corrected chi connectivity index (χ0v) is 15.3. The summed E-state index contributed by atoms with van der Waals surface area (Å²) in [5.41, 5.74) is 1.76. The summed E-state index contributed by atoms with van der Waals surface area (Å²) in [6.45, 7) is 3.63. The number of esters is 1. The number of ether oxygens (including phenoxy) is 2. The number of carbonyl (C=O) groups excluding carboxylic acids is 2. The second kappa shape index (κ2) is 8.74. The first-order valence-corrected chi connectivity index (χ1v) is 8.31. The van der Waals surface area contributed by atoms with Gasteiger partial charge in [0, 0.05) is 10.7 Å². The molecule has 0 fully saturated rings. The molecule has 0 unspecified atom stereocenters. The summed E-state index contributed by atoms with van der Waals surface area (Å²) in [7, 11) is 0. The van der Waals surface area contributed by atoms with Crippen LogP contribution in [-0.4, -0.2) is 25.1 Å². The first-order chi connectivity index (χ1) is 11.9. The third-order valence-corrected chi connectivity index (χ3v) is 3.79. The predicted octanol–water partition coefficient (Wildman–Crippen LogP) is 4.50. The lowest BCUT2D eigenvalue weighted by Crippen LogP contribution is -2.21. The molecule has 0 heterocycles. The molecule has 7 heteroatoms. The fourth-order valence-corrected chi connectivity index (χ4v) is 2.53. The molecule has 0 bridgehead atoms. The van der Waals surface area contributed by atoms with Crippen LogP contribution in [-0.2, 0) is 9.53 Å². The van der Waals surface area contributed by atoms with Crippen molar-refractivity contribution in [3.8, 4) is 5.75 Å². The number of aryl methyl sites for hydroxylation is 1. The van der Waals surface area contributed by atoms with Crippen LogP contribution in [0.4, 0.5) is 5.69 Å². The molecule has 1 N–H and O–H groups in total. The van der Waals surface area contributed by atoms with Crippen LogP contribution in [0.3, 0.4) is 0 Å². The van der Waals surface area contributed by atoms with Gasteiger partial charge < -0.3 is 14.8 Å². The van der Waals surface area contributed by atoms with E-state index in [1.165, 1.54) is 6.07 Å². The molecule has 1 amide bonds. The van der Waals surface area contributed by atoms with Gasteiger partial charge in [-0.15, -0.1) is 0 Å². The Kier molecular flexibility index (Phi) is 6.67. The van der Waals surface area contributed by atoms with Crippen molar-refractivity contribution in [3.05, 3.63) is 57.6 Å². The Bertz CT molecular complexity index is 793. The highest BCUT2D eigenvalue weighted by Gasteiger charge is 2.11. The molecule has 0 radical (unpaired) electrons. The maximum absolute atomic E-state index is 12.0. The molecule has 0 saturated heterocycles. The summed E-state index contributed by atoms with van der Waals surface area (Å²) in [6, 6.07) is 9.65. The Balaban J connectivity index is 1.97. The van der Waals surface area contributed by atoms with Crippen LogP contribution < -0.4 is 10.1 Å². The third kappa shape index (κ3) is 5.37. The molecule has 0 aliphatic rings. The van der Waals surface area contributed by atoms with Gasteiger partial charge in [0.15, 0.2) is 6.61 Å². The molecule has 25 heavy (non-hydrogen) atoms. The minimum Gasteiger partial charge on any atom is -0.482 e. The molecular formula is C18H17Cl2NO4. The maximum Gasteiger partial charge on any atom is 0.338 e. The lowest BCUT2D eigenvalue weighted by Gasteiger charge is -2.11. The average molecular weight is 382 g/mol. The standard InChI is InChI=1S/C18H17Cl2NO4/c1-3-24-18(23)12-4-6-15(11(2)8-12)21-17(22)10-25-16-7-5-13(19)9-14(16)20/h4-9H,3,10H2,1-2H3,(H,21,22). The fraction of sp³-hybridized carbons (Fsp3) is 0.222. The maximum atomic E-state index is 12.0. The van der Waals surface area contributed by atoms with Crippen molar-refractivity contribution < 1.29 is 19.1 Å². The van der Waals surface area contributed by atoms with E-state index in [0.29, 0.717) is 33.7 Å². The second-order valence-corrected chi connectivity index (χ2v) is 6.01. The number of halogens is 2. The largest absolute Gasteiger partial charge is 0.482 e. The summed E-state index contributed by atoms with van der Waals surface area (Å²) in [5, 5.41) is 3.54.